The molecule has 0 fully saturated rings. The van der Waals surface area contributed by atoms with E-state index in [1.807, 2.05) is 13.8 Å². The molecule has 15 heteroatoms. The van der Waals surface area contributed by atoms with Crippen molar-refractivity contribution in [3.05, 3.63) is 35.9 Å². The molecule has 15 nitrogen and oxygen atoms in total. The van der Waals surface area contributed by atoms with Gasteiger partial charge >= 0.3 is 5.97 Å². The molecule has 1 aromatic rings. The second kappa shape index (κ2) is 20.0. The Hall–Kier alpha value is -4.08. The van der Waals surface area contributed by atoms with E-state index >= 15 is 0 Å². The molecule has 1 aromatic carbocycles. The van der Waals surface area contributed by atoms with Crippen molar-refractivity contribution < 1.29 is 39.0 Å². The molecule has 0 bridgehead atoms. The van der Waals surface area contributed by atoms with Gasteiger partial charge in [0, 0.05) is 6.42 Å². The number of amides is 5. The molecule has 0 saturated heterocycles. The zero-order valence-corrected chi connectivity index (χ0v) is 25.5. The molecule has 0 radical (unpaired) electrons. The number of benzene rings is 1. The van der Waals surface area contributed by atoms with Gasteiger partial charge in [-0.15, -0.1) is 0 Å². The summed E-state index contributed by atoms with van der Waals surface area (Å²) < 4.78 is 0. The van der Waals surface area contributed by atoms with Crippen LogP contribution in [0.1, 0.15) is 52.0 Å². The maximum absolute atomic E-state index is 13.4. The molecule has 0 unspecified atom stereocenters. The lowest BCUT2D eigenvalue weighted by Crippen LogP contribution is -2.57. The van der Waals surface area contributed by atoms with E-state index in [9.17, 15) is 39.0 Å². The number of hydrogen-bond donors (Lipinski definition) is 9. The number of aliphatic carboxylic acids is 1. The number of unbranched alkanes of at least 4 members (excludes halogenated alkanes) is 1. The van der Waals surface area contributed by atoms with E-state index in [0.717, 1.165) is 0 Å². The first-order chi connectivity index (χ1) is 20.7. The first kappa shape index (κ1) is 37.9. The van der Waals surface area contributed by atoms with Gasteiger partial charge in [-0.05, 0) is 50.6 Å². The third-order valence-corrected chi connectivity index (χ3v) is 6.53. The number of rotatable bonds is 20. The highest BCUT2D eigenvalue weighted by atomic mass is 16.4. The Morgan fingerprint density at radius 1 is 0.773 bits per heavy atom. The summed E-state index contributed by atoms with van der Waals surface area (Å²) in [6.45, 7) is 4.39. The van der Waals surface area contributed by atoms with Gasteiger partial charge in [0.2, 0.25) is 29.5 Å². The Bertz CT molecular complexity index is 1100. The molecular weight excluding hydrogens is 574 g/mol. The fraction of sp³-hybridized carbons (Fsp3) is 0.586. The smallest absolute Gasteiger partial charge is 0.326 e. The molecule has 0 spiro atoms. The lowest BCUT2D eigenvalue weighted by Gasteiger charge is -2.25. The summed E-state index contributed by atoms with van der Waals surface area (Å²) in [7, 11) is 0. The number of carbonyl (C=O) groups excluding carboxylic acids is 5. The topological polar surface area (TPSA) is 255 Å². The van der Waals surface area contributed by atoms with Crippen LogP contribution in [0.2, 0.25) is 0 Å². The van der Waals surface area contributed by atoms with Crippen LogP contribution >= 0.6 is 0 Å². The number of carboxylic acids is 1. The molecule has 0 heterocycles. The summed E-state index contributed by atoms with van der Waals surface area (Å²) in [4.78, 5) is 75.0. The van der Waals surface area contributed by atoms with Crippen LogP contribution in [0.25, 0.3) is 0 Å². The van der Waals surface area contributed by atoms with Gasteiger partial charge in [0.25, 0.3) is 0 Å². The molecule has 11 N–H and O–H groups in total. The lowest BCUT2D eigenvalue weighted by atomic mass is 10.0. The maximum Gasteiger partial charge on any atom is 0.326 e. The second-order valence-corrected chi connectivity index (χ2v) is 10.9. The number of carbonyl (C=O) groups is 6. The summed E-state index contributed by atoms with van der Waals surface area (Å²) >= 11 is 0. The van der Waals surface area contributed by atoms with Gasteiger partial charge in [0.05, 0.1) is 19.2 Å². The Balaban J connectivity index is 2.95. The molecule has 5 amide bonds. The minimum absolute atomic E-state index is 0.0421. The Morgan fingerprint density at radius 3 is 1.93 bits per heavy atom. The van der Waals surface area contributed by atoms with Gasteiger partial charge in [-0.3, -0.25) is 24.0 Å². The van der Waals surface area contributed by atoms with Gasteiger partial charge in [-0.2, -0.15) is 0 Å². The van der Waals surface area contributed by atoms with Crippen molar-refractivity contribution in [1.29, 1.82) is 0 Å². The van der Waals surface area contributed by atoms with Crippen LogP contribution in [0.3, 0.4) is 0 Å². The highest BCUT2D eigenvalue weighted by Crippen LogP contribution is 2.09. The number of nitrogens with two attached hydrogens (primary N) is 2. The largest absolute Gasteiger partial charge is 0.480 e. The average Bonchev–Trinajstić information content (AvgIpc) is 2.97. The van der Waals surface area contributed by atoms with E-state index in [4.69, 9.17) is 11.5 Å². The second-order valence-electron chi connectivity index (χ2n) is 10.9. The zero-order valence-electron chi connectivity index (χ0n) is 25.5. The quantitative estimate of drug-likeness (QED) is 0.0716. The maximum atomic E-state index is 13.4. The van der Waals surface area contributed by atoms with Crippen LogP contribution in [0, 0.1) is 5.92 Å². The van der Waals surface area contributed by atoms with Crippen molar-refractivity contribution in [1.82, 2.24) is 26.6 Å². The van der Waals surface area contributed by atoms with E-state index in [-0.39, 0.29) is 25.2 Å². The molecule has 0 aliphatic rings. The highest BCUT2D eigenvalue weighted by molar-refractivity contribution is 5.94. The predicted molar refractivity (Wildman–Crippen MR) is 162 cm³/mol. The van der Waals surface area contributed by atoms with Crippen LogP contribution in [0.5, 0.6) is 0 Å². The fourth-order valence-corrected chi connectivity index (χ4v) is 4.05. The van der Waals surface area contributed by atoms with Gasteiger partial charge in [-0.1, -0.05) is 44.2 Å². The van der Waals surface area contributed by atoms with Gasteiger partial charge in [0.15, 0.2) is 0 Å². The molecular formula is C29H47N7O8. The van der Waals surface area contributed by atoms with Crippen molar-refractivity contribution in [3.8, 4) is 0 Å². The van der Waals surface area contributed by atoms with Crippen molar-refractivity contribution >= 4 is 35.5 Å². The van der Waals surface area contributed by atoms with E-state index in [1.165, 1.54) is 6.92 Å². The number of carboxylic acid groups (broad SMARTS) is 1. The standard InChI is InChI=1S/C29H47N7O8/c1-17(2)13-21(26(40)35-20(29(43)44)11-7-8-12-30)36-27(41)22(14-19-9-5-4-6-10-19)34-24(39)16-32-23(38)15-33-28(42)25(31)18(3)37/h4-6,9-10,17-18,20-22,25,37H,7-8,11-16,30-31H2,1-3H3,(H,32,38)(H,33,42)(H,34,39)(H,35,40)(H,36,41)(H,43,44)/t18-,20+,21+,22+,25+/m1/s1. The molecule has 44 heavy (non-hydrogen) atoms. The molecule has 1 rings (SSSR count). The monoisotopic (exact) mass is 621 g/mol. The number of hydrogen-bond acceptors (Lipinski definition) is 9. The molecule has 5 atom stereocenters. The van der Waals surface area contributed by atoms with Crippen molar-refractivity contribution in [2.45, 2.75) is 83.1 Å². The van der Waals surface area contributed by atoms with E-state index in [1.54, 1.807) is 30.3 Å². The average molecular weight is 622 g/mol. The van der Waals surface area contributed by atoms with Crippen molar-refractivity contribution in [2.75, 3.05) is 19.6 Å². The highest BCUT2D eigenvalue weighted by Gasteiger charge is 2.30. The third-order valence-electron chi connectivity index (χ3n) is 6.53. The summed E-state index contributed by atoms with van der Waals surface area (Å²) in [5.41, 5.74) is 11.7. The normalized spacial score (nSPS) is 14.3. The van der Waals surface area contributed by atoms with Crippen LogP contribution in [-0.4, -0.2) is 95.6 Å². The summed E-state index contributed by atoms with van der Waals surface area (Å²) in [6, 6.07) is 4.21. The molecule has 0 aliphatic heterocycles. The van der Waals surface area contributed by atoms with Gasteiger partial charge < -0.3 is 48.3 Å². The molecule has 0 aromatic heterocycles. The van der Waals surface area contributed by atoms with Crippen molar-refractivity contribution in [2.24, 2.45) is 17.4 Å². The van der Waals surface area contributed by atoms with E-state index in [2.05, 4.69) is 26.6 Å². The summed E-state index contributed by atoms with van der Waals surface area (Å²) in [5, 5.41) is 31.2. The van der Waals surface area contributed by atoms with Gasteiger partial charge in [0.1, 0.15) is 24.2 Å². The van der Waals surface area contributed by atoms with Crippen LogP contribution in [-0.2, 0) is 35.2 Å². The number of nitrogens with one attached hydrogen (secondary N) is 5. The Morgan fingerprint density at radius 2 is 1.36 bits per heavy atom. The van der Waals surface area contributed by atoms with Crippen molar-refractivity contribution in [3.63, 3.8) is 0 Å². The molecule has 0 aliphatic carbocycles. The summed E-state index contributed by atoms with van der Waals surface area (Å²) in [6.07, 6.45) is 0.418. The molecule has 246 valence electrons. The van der Waals surface area contributed by atoms with E-state index < -0.39 is 78.9 Å². The fourth-order valence-electron chi connectivity index (χ4n) is 4.05. The lowest BCUT2D eigenvalue weighted by molar-refractivity contribution is -0.142. The minimum Gasteiger partial charge on any atom is -0.480 e. The van der Waals surface area contributed by atoms with E-state index in [0.29, 0.717) is 24.9 Å². The Kier molecular flexibility index (Phi) is 17.2. The number of aliphatic hydroxyl groups excluding tert-OH is 1. The first-order valence-corrected chi connectivity index (χ1v) is 14.6. The zero-order chi connectivity index (χ0) is 33.2. The SMILES string of the molecule is CC(C)C[C@H](NC(=O)[C@H](Cc1ccccc1)NC(=O)CNC(=O)CNC(=O)[C@@H](N)[C@@H](C)O)C(=O)N[C@@H](CCCCN)C(=O)O. The van der Waals surface area contributed by atoms with Gasteiger partial charge in [-0.25, -0.2) is 4.79 Å². The third kappa shape index (κ3) is 14.9. The number of aliphatic hydroxyl groups is 1. The van der Waals surface area contributed by atoms with Crippen LogP contribution in [0.15, 0.2) is 30.3 Å². The molecule has 0 saturated carbocycles. The Labute approximate surface area is 257 Å². The van der Waals surface area contributed by atoms with Crippen LogP contribution < -0.4 is 38.1 Å². The predicted octanol–water partition coefficient (Wildman–Crippen LogP) is -2.12. The first-order valence-electron chi connectivity index (χ1n) is 14.6. The summed E-state index contributed by atoms with van der Waals surface area (Å²) in [5.74, 6) is -4.75. The minimum atomic E-state index is -1.23. The van der Waals surface area contributed by atoms with Crippen LogP contribution in [0.4, 0.5) is 0 Å².